The molecule has 2 aromatic rings. The van der Waals surface area contributed by atoms with Crippen molar-refractivity contribution in [2.45, 2.75) is 32.4 Å². The molecule has 0 radical (unpaired) electrons. The van der Waals surface area contributed by atoms with Crippen molar-refractivity contribution in [3.05, 3.63) is 53.5 Å². The number of benzene rings is 1. The minimum atomic E-state index is 0.0312. The van der Waals surface area contributed by atoms with Gasteiger partial charge in [0.1, 0.15) is 0 Å². The highest BCUT2D eigenvalue weighted by Crippen LogP contribution is 2.34. The Hall–Kier alpha value is -2.27. The van der Waals surface area contributed by atoms with Gasteiger partial charge in [0.15, 0.2) is 5.76 Å². The first-order valence-electron chi connectivity index (χ1n) is 9.52. The van der Waals surface area contributed by atoms with E-state index in [0.29, 0.717) is 24.3 Å². The minimum absolute atomic E-state index is 0.0312. The Morgan fingerprint density at radius 2 is 2.15 bits per heavy atom. The molecule has 2 aliphatic rings. The molecule has 4 rings (SSSR count). The lowest BCUT2D eigenvalue weighted by molar-refractivity contribution is 0.0754. The standard InChI is InChI=1S/C21H27N3O2/c1-15-11-17-5-3-4-6-19(17)24(15)14-18-8-10-26-20(18)21(25)23-9-7-16(13-23)12-22-2/h3-6,8,10,15-16,22H,7,9,11-14H2,1-2H3. The van der Waals surface area contributed by atoms with E-state index in [1.54, 1.807) is 6.26 Å². The van der Waals surface area contributed by atoms with Crippen LogP contribution in [-0.2, 0) is 13.0 Å². The van der Waals surface area contributed by atoms with Crippen molar-refractivity contribution in [2.24, 2.45) is 5.92 Å². The summed E-state index contributed by atoms with van der Waals surface area (Å²) < 4.78 is 5.63. The number of fused-ring (bicyclic) bond motifs is 1. The second-order valence-corrected chi connectivity index (χ2v) is 7.55. The molecule has 3 heterocycles. The SMILES string of the molecule is CNCC1CCN(C(=O)c2occc2CN2c3ccccc3CC2C)C1. The van der Waals surface area contributed by atoms with Gasteiger partial charge in [-0.05, 0) is 57.0 Å². The van der Waals surface area contributed by atoms with Gasteiger partial charge in [-0.3, -0.25) is 4.79 Å². The average Bonchev–Trinajstić information content (AvgIpc) is 3.35. The third kappa shape index (κ3) is 3.12. The molecule has 26 heavy (non-hydrogen) atoms. The van der Waals surface area contributed by atoms with Gasteiger partial charge in [-0.15, -0.1) is 0 Å². The second kappa shape index (κ2) is 7.16. The zero-order valence-corrected chi connectivity index (χ0v) is 15.6. The number of nitrogens with zero attached hydrogens (tertiary/aromatic N) is 2. The van der Waals surface area contributed by atoms with Crippen molar-refractivity contribution in [3.8, 4) is 0 Å². The molecule has 1 aromatic heterocycles. The van der Waals surface area contributed by atoms with Gasteiger partial charge >= 0.3 is 0 Å². The van der Waals surface area contributed by atoms with Crippen molar-refractivity contribution < 1.29 is 9.21 Å². The van der Waals surface area contributed by atoms with Crippen LogP contribution >= 0.6 is 0 Å². The largest absolute Gasteiger partial charge is 0.459 e. The maximum absolute atomic E-state index is 13.0. The Labute approximate surface area is 155 Å². The summed E-state index contributed by atoms with van der Waals surface area (Å²) in [6, 6.07) is 10.9. The number of furan rings is 1. The summed E-state index contributed by atoms with van der Waals surface area (Å²) in [4.78, 5) is 17.3. The van der Waals surface area contributed by atoms with Crippen LogP contribution in [0.2, 0.25) is 0 Å². The van der Waals surface area contributed by atoms with E-state index in [1.165, 1.54) is 11.3 Å². The lowest BCUT2D eigenvalue weighted by Crippen LogP contribution is -2.32. The molecule has 2 aliphatic heterocycles. The molecule has 0 spiro atoms. The van der Waals surface area contributed by atoms with E-state index in [2.05, 4.69) is 41.4 Å². The van der Waals surface area contributed by atoms with Crippen LogP contribution in [0.4, 0.5) is 5.69 Å². The number of carbonyl (C=O) groups excluding carboxylic acids is 1. The predicted octanol–water partition coefficient (Wildman–Crippen LogP) is 2.91. The maximum Gasteiger partial charge on any atom is 0.289 e. The van der Waals surface area contributed by atoms with Crippen LogP contribution in [0.25, 0.3) is 0 Å². The third-order valence-corrected chi connectivity index (χ3v) is 5.70. The van der Waals surface area contributed by atoms with E-state index in [-0.39, 0.29) is 5.91 Å². The van der Waals surface area contributed by atoms with E-state index in [4.69, 9.17) is 4.42 Å². The first-order valence-corrected chi connectivity index (χ1v) is 9.52. The van der Waals surface area contributed by atoms with Crippen LogP contribution < -0.4 is 10.2 Å². The predicted molar refractivity (Wildman–Crippen MR) is 102 cm³/mol. The highest BCUT2D eigenvalue weighted by molar-refractivity contribution is 5.93. The van der Waals surface area contributed by atoms with Crippen LogP contribution in [-0.4, -0.2) is 43.5 Å². The number of carbonyl (C=O) groups is 1. The van der Waals surface area contributed by atoms with Gasteiger partial charge < -0.3 is 19.5 Å². The molecule has 1 fully saturated rings. The lowest BCUT2D eigenvalue weighted by Gasteiger charge is -2.25. The summed E-state index contributed by atoms with van der Waals surface area (Å²) in [5, 5.41) is 3.21. The number of nitrogens with one attached hydrogen (secondary N) is 1. The first-order chi connectivity index (χ1) is 12.7. The molecule has 5 heteroatoms. The molecule has 1 N–H and O–H groups in total. The van der Waals surface area contributed by atoms with Gasteiger partial charge in [0.2, 0.25) is 0 Å². The van der Waals surface area contributed by atoms with Crippen LogP contribution in [0.5, 0.6) is 0 Å². The molecule has 0 aliphatic carbocycles. The normalized spacial score (nSPS) is 22.1. The Morgan fingerprint density at radius 3 is 3.00 bits per heavy atom. The molecule has 1 amide bonds. The summed E-state index contributed by atoms with van der Waals surface area (Å²) >= 11 is 0. The third-order valence-electron chi connectivity index (χ3n) is 5.70. The zero-order valence-electron chi connectivity index (χ0n) is 15.6. The zero-order chi connectivity index (χ0) is 18.1. The van der Waals surface area contributed by atoms with Crippen molar-refractivity contribution in [3.63, 3.8) is 0 Å². The Morgan fingerprint density at radius 1 is 1.31 bits per heavy atom. The van der Waals surface area contributed by atoms with Gasteiger partial charge in [0.05, 0.1) is 6.26 Å². The molecule has 1 aromatic carbocycles. The molecule has 1 saturated heterocycles. The first kappa shape index (κ1) is 17.2. The number of rotatable bonds is 5. The summed E-state index contributed by atoms with van der Waals surface area (Å²) in [6.07, 6.45) is 3.75. The quantitative estimate of drug-likeness (QED) is 0.898. The second-order valence-electron chi connectivity index (χ2n) is 7.55. The fourth-order valence-electron chi connectivity index (χ4n) is 4.32. The van der Waals surface area contributed by atoms with E-state index in [0.717, 1.165) is 38.0 Å². The molecule has 5 nitrogen and oxygen atoms in total. The van der Waals surface area contributed by atoms with Crippen LogP contribution in [0.15, 0.2) is 41.0 Å². The van der Waals surface area contributed by atoms with Crippen LogP contribution in [0, 0.1) is 5.92 Å². The summed E-state index contributed by atoms with van der Waals surface area (Å²) in [6.45, 7) is 5.53. The fraction of sp³-hybridized carbons (Fsp3) is 0.476. The van der Waals surface area contributed by atoms with Crippen molar-refractivity contribution in [1.82, 2.24) is 10.2 Å². The smallest absolute Gasteiger partial charge is 0.289 e. The Bertz CT molecular complexity index is 785. The summed E-state index contributed by atoms with van der Waals surface area (Å²) in [5.74, 6) is 1.07. The minimum Gasteiger partial charge on any atom is -0.459 e. The van der Waals surface area contributed by atoms with Gasteiger partial charge in [0, 0.05) is 36.9 Å². The molecule has 0 saturated carbocycles. The lowest BCUT2D eigenvalue weighted by atomic mass is 10.1. The van der Waals surface area contributed by atoms with Crippen LogP contribution in [0.3, 0.4) is 0 Å². The molecule has 138 valence electrons. The van der Waals surface area contributed by atoms with E-state index < -0.39 is 0 Å². The van der Waals surface area contributed by atoms with Crippen molar-refractivity contribution >= 4 is 11.6 Å². The van der Waals surface area contributed by atoms with Crippen molar-refractivity contribution in [1.29, 1.82) is 0 Å². The average molecular weight is 353 g/mol. The van der Waals surface area contributed by atoms with E-state index in [9.17, 15) is 4.79 Å². The topological polar surface area (TPSA) is 48.7 Å². The Kier molecular flexibility index (Phi) is 4.72. The van der Waals surface area contributed by atoms with Gasteiger partial charge in [-0.2, -0.15) is 0 Å². The maximum atomic E-state index is 13.0. The number of hydrogen-bond acceptors (Lipinski definition) is 4. The van der Waals surface area contributed by atoms with Gasteiger partial charge in [-0.1, -0.05) is 18.2 Å². The van der Waals surface area contributed by atoms with E-state index >= 15 is 0 Å². The number of amides is 1. The number of para-hydroxylation sites is 1. The molecule has 2 atom stereocenters. The van der Waals surface area contributed by atoms with Crippen molar-refractivity contribution in [2.75, 3.05) is 31.6 Å². The highest BCUT2D eigenvalue weighted by atomic mass is 16.3. The summed E-state index contributed by atoms with van der Waals surface area (Å²) in [7, 11) is 1.96. The fourth-order valence-corrected chi connectivity index (χ4v) is 4.32. The number of hydrogen-bond donors (Lipinski definition) is 1. The van der Waals surface area contributed by atoms with Gasteiger partial charge in [-0.25, -0.2) is 0 Å². The van der Waals surface area contributed by atoms with Gasteiger partial charge in [0.25, 0.3) is 5.91 Å². The van der Waals surface area contributed by atoms with Crippen LogP contribution in [0.1, 0.15) is 35.0 Å². The number of anilines is 1. The monoisotopic (exact) mass is 353 g/mol. The van der Waals surface area contributed by atoms with E-state index in [1.807, 2.05) is 18.0 Å². The molecular weight excluding hydrogens is 326 g/mol. The molecule has 2 unspecified atom stereocenters. The summed E-state index contributed by atoms with van der Waals surface area (Å²) in [5.41, 5.74) is 3.64. The number of likely N-dealkylation sites (tertiary alicyclic amines) is 1. The molecule has 0 bridgehead atoms. The Balaban J connectivity index is 1.50. The molecular formula is C21H27N3O2. The highest BCUT2D eigenvalue weighted by Gasteiger charge is 2.31.